The third-order valence-electron chi connectivity index (χ3n) is 4.59. The Kier molecular flexibility index (Phi) is 2.04. The van der Waals surface area contributed by atoms with E-state index in [-0.39, 0.29) is 12.0 Å². The smallest absolute Gasteiger partial charge is 0.154 e. The molecule has 0 bridgehead atoms. The van der Waals surface area contributed by atoms with Crippen LogP contribution in [0.25, 0.3) is 0 Å². The summed E-state index contributed by atoms with van der Waals surface area (Å²) < 4.78 is 13.4. The number of aromatic nitrogens is 1. The number of pyridine rings is 1. The molecule has 3 atom stereocenters. The third kappa shape index (κ3) is 1.48. The fraction of sp³-hybridized carbons (Fsp3) is 0.250. The largest absolute Gasteiger partial charge is 0.308 e. The van der Waals surface area contributed by atoms with Crippen molar-refractivity contribution in [3.05, 3.63) is 54.0 Å². The molecule has 5 heteroatoms. The zero-order chi connectivity index (χ0) is 14.0. The minimum absolute atomic E-state index is 0.169. The number of hydrazone groups is 1. The summed E-state index contributed by atoms with van der Waals surface area (Å²) in [7, 11) is 0. The van der Waals surface area contributed by atoms with Crippen molar-refractivity contribution in [2.45, 2.75) is 18.5 Å². The Morgan fingerprint density at radius 1 is 1.19 bits per heavy atom. The van der Waals surface area contributed by atoms with Crippen molar-refractivity contribution in [3.63, 3.8) is 0 Å². The van der Waals surface area contributed by atoms with Crippen LogP contribution in [0, 0.1) is 11.7 Å². The molecule has 3 unspecified atom stereocenters. The molecule has 5 rings (SSSR count). The molecule has 0 amide bonds. The average Bonchev–Trinajstić information content (AvgIpc) is 3.20. The van der Waals surface area contributed by atoms with Gasteiger partial charge >= 0.3 is 0 Å². The normalized spacial score (nSPS) is 28.1. The SMILES string of the molecule is Fc1cnc2c(c1)C1CC1C1N(c3ccccc3)C=NN21. The molecule has 21 heavy (non-hydrogen) atoms. The highest BCUT2D eigenvalue weighted by Crippen LogP contribution is 2.58. The summed E-state index contributed by atoms with van der Waals surface area (Å²) in [5, 5.41) is 6.45. The molecule has 0 N–H and O–H groups in total. The van der Waals surface area contributed by atoms with Gasteiger partial charge in [-0.1, -0.05) is 18.2 Å². The maximum absolute atomic E-state index is 13.4. The summed E-state index contributed by atoms with van der Waals surface area (Å²) in [5.74, 6) is 1.44. The van der Waals surface area contributed by atoms with Gasteiger partial charge in [-0.2, -0.15) is 5.10 Å². The molecule has 2 aromatic rings. The number of anilines is 2. The van der Waals surface area contributed by atoms with Gasteiger partial charge in [-0.25, -0.2) is 14.4 Å². The predicted octanol–water partition coefficient (Wildman–Crippen LogP) is 2.93. The number of fused-ring (bicyclic) bond motifs is 6. The lowest BCUT2D eigenvalue weighted by atomic mass is 10.0. The van der Waals surface area contributed by atoms with E-state index in [1.807, 2.05) is 29.5 Å². The number of nitrogens with zero attached hydrogens (tertiary/aromatic N) is 4. The third-order valence-corrected chi connectivity index (χ3v) is 4.59. The first-order valence-electron chi connectivity index (χ1n) is 7.15. The van der Waals surface area contributed by atoms with Crippen molar-refractivity contribution >= 4 is 17.8 Å². The number of rotatable bonds is 1. The van der Waals surface area contributed by atoms with Crippen molar-refractivity contribution in [2.75, 3.05) is 9.91 Å². The van der Waals surface area contributed by atoms with E-state index in [1.165, 1.54) is 6.20 Å². The Morgan fingerprint density at radius 2 is 2.05 bits per heavy atom. The van der Waals surface area contributed by atoms with Crippen LogP contribution >= 0.6 is 0 Å². The van der Waals surface area contributed by atoms with Crippen LogP contribution in [0.2, 0.25) is 0 Å². The number of hydrogen-bond donors (Lipinski definition) is 0. The Bertz CT molecular complexity index is 745. The molecule has 0 spiro atoms. The maximum Gasteiger partial charge on any atom is 0.154 e. The number of hydrogen-bond acceptors (Lipinski definition) is 4. The lowest BCUT2D eigenvalue weighted by Gasteiger charge is -2.34. The Hall–Kier alpha value is -2.43. The number of para-hydroxylation sites is 1. The maximum atomic E-state index is 13.4. The Morgan fingerprint density at radius 3 is 2.90 bits per heavy atom. The molecule has 104 valence electrons. The summed E-state index contributed by atoms with van der Waals surface area (Å²) >= 11 is 0. The van der Waals surface area contributed by atoms with Gasteiger partial charge in [0.15, 0.2) is 5.82 Å². The van der Waals surface area contributed by atoms with Gasteiger partial charge in [0.25, 0.3) is 0 Å². The van der Waals surface area contributed by atoms with Crippen LogP contribution in [0.4, 0.5) is 15.9 Å². The first kappa shape index (κ1) is 11.3. The number of halogens is 1. The first-order chi connectivity index (χ1) is 10.3. The van der Waals surface area contributed by atoms with Crippen molar-refractivity contribution in [2.24, 2.45) is 11.0 Å². The zero-order valence-corrected chi connectivity index (χ0v) is 11.2. The van der Waals surface area contributed by atoms with Gasteiger partial charge in [0.2, 0.25) is 0 Å². The van der Waals surface area contributed by atoms with E-state index in [0.717, 1.165) is 23.5 Å². The van der Waals surface area contributed by atoms with E-state index in [4.69, 9.17) is 0 Å². The van der Waals surface area contributed by atoms with Gasteiger partial charge in [0.1, 0.15) is 18.3 Å². The molecule has 3 aliphatic rings. The summed E-state index contributed by atoms with van der Waals surface area (Å²) in [4.78, 5) is 6.47. The molecule has 2 aliphatic heterocycles. The van der Waals surface area contributed by atoms with Crippen molar-refractivity contribution < 1.29 is 4.39 Å². The highest BCUT2D eigenvalue weighted by molar-refractivity contribution is 5.85. The average molecular weight is 280 g/mol. The molecule has 0 radical (unpaired) electrons. The van der Waals surface area contributed by atoms with E-state index in [0.29, 0.717) is 11.8 Å². The monoisotopic (exact) mass is 280 g/mol. The molecular weight excluding hydrogens is 267 g/mol. The lowest BCUT2D eigenvalue weighted by Crippen LogP contribution is -2.44. The van der Waals surface area contributed by atoms with Crippen LogP contribution in [0.3, 0.4) is 0 Å². The quantitative estimate of drug-likeness (QED) is 0.805. The van der Waals surface area contributed by atoms with Crippen LogP contribution in [-0.4, -0.2) is 17.5 Å². The van der Waals surface area contributed by atoms with Crippen LogP contribution in [0.15, 0.2) is 47.7 Å². The van der Waals surface area contributed by atoms with Gasteiger partial charge in [-0.15, -0.1) is 0 Å². The fourth-order valence-corrected chi connectivity index (χ4v) is 3.57. The molecule has 1 fully saturated rings. The van der Waals surface area contributed by atoms with Gasteiger partial charge in [-0.3, -0.25) is 0 Å². The molecule has 1 aromatic heterocycles. The Labute approximate surface area is 121 Å². The van der Waals surface area contributed by atoms with Crippen LogP contribution in [0.1, 0.15) is 17.9 Å². The highest BCUT2D eigenvalue weighted by Gasteiger charge is 2.56. The van der Waals surface area contributed by atoms with Crippen LogP contribution in [-0.2, 0) is 0 Å². The second-order valence-corrected chi connectivity index (χ2v) is 5.80. The molecule has 1 aromatic carbocycles. The van der Waals surface area contributed by atoms with Crippen molar-refractivity contribution in [1.82, 2.24) is 4.98 Å². The van der Waals surface area contributed by atoms with E-state index in [9.17, 15) is 4.39 Å². The van der Waals surface area contributed by atoms with Gasteiger partial charge in [0.05, 0.1) is 6.20 Å². The van der Waals surface area contributed by atoms with Crippen molar-refractivity contribution in [3.8, 4) is 0 Å². The van der Waals surface area contributed by atoms with Crippen LogP contribution < -0.4 is 9.91 Å². The highest BCUT2D eigenvalue weighted by atomic mass is 19.1. The lowest BCUT2D eigenvalue weighted by molar-refractivity contribution is 0.541. The van der Waals surface area contributed by atoms with Crippen molar-refractivity contribution in [1.29, 1.82) is 0 Å². The summed E-state index contributed by atoms with van der Waals surface area (Å²) in [6, 6.07) is 11.8. The molecular formula is C16H13FN4. The van der Waals surface area contributed by atoms with E-state index in [2.05, 4.69) is 27.1 Å². The minimum atomic E-state index is -0.263. The molecule has 4 nitrogen and oxygen atoms in total. The molecule has 3 heterocycles. The Balaban J connectivity index is 1.60. The topological polar surface area (TPSA) is 31.7 Å². The minimum Gasteiger partial charge on any atom is -0.308 e. The number of benzene rings is 1. The zero-order valence-electron chi connectivity index (χ0n) is 11.2. The first-order valence-corrected chi connectivity index (χ1v) is 7.15. The van der Waals surface area contributed by atoms with Crippen LogP contribution in [0.5, 0.6) is 0 Å². The van der Waals surface area contributed by atoms with E-state index in [1.54, 1.807) is 6.07 Å². The van der Waals surface area contributed by atoms with Gasteiger partial charge < -0.3 is 4.90 Å². The fourth-order valence-electron chi connectivity index (χ4n) is 3.57. The molecule has 1 aliphatic carbocycles. The summed E-state index contributed by atoms with van der Waals surface area (Å²) in [6.07, 6.45) is 4.38. The van der Waals surface area contributed by atoms with E-state index < -0.39 is 0 Å². The second-order valence-electron chi connectivity index (χ2n) is 5.80. The van der Waals surface area contributed by atoms with Gasteiger partial charge in [-0.05, 0) is 30.5 Å². The molecule has 1 saturated carbocycles. The standard InChI is InChI=1S/C16H13FN4/c17-10-6-13-12-7-14(12)16-20(11-4-2-1-3-5-11)9-19-21(16)15(13)18-8-10/h1-6,8-9,12,14,16H,7H2. The summed E-state index contributed by atoms with van der Waals surface area (Å²) in [6.45, 7) is 0. The predicted molar refractivity (Wildman–Crippen MR) is 78.7 cm³/mol. The molecule has 0 saturated heterocycles. The van der Waals surface area contributed by atoms with E-state index >= 15 is 0 Å². The summed E-state index contributed by atoms with van der Waals surface area (Å²) in [5.41, 5.74) is 2.13. The second kappa shape index (κ2) is 3.81. The van der Waals surface area contributed by atoms with Gasteiger partial charge in [0, 0.05) is 17.2 Å².